The maximum atomic E-state index is 11.8. The van der Waals surface area contributed by atoms with E-state index in [2.05, 4.69) is 17.6 Å². The SMILES string of the molecule is CCC1CC1NC(=O)N[C@H](C(=O)O)c1ccccc1. The molecule has 0 saturated heterocycles. The highest BCUT2D eigenvalue weighted by Gasteiger charge is 2.37. The molecule has 2 amide bonds. The van der Waals surface area contributed by atoms with E-state index >= 15 is 0 Å². The minimum Gasteiger partial charge on any atom is -0.479 e. The van der Waals surface area contributed by atoms with Gasteiger partial charge in [0.1, 0.15) is 0 Å². The summed E-state index contributed by atoms with van der Waals surface area (Å²) in [6, 6.07) is 7.43. The number of benzene rings is 1. The maximum Gasteiger partial charge on any atom is 0.330 e. The molecule has 5 heteroatoms. The molecule has 0 heterocycles. The molecule has 0 radical (unpaired) electrons. The zero-order valence-corrected chi connectivity index (χ0v) is 10.8. The lowest BCUT2D eigenvalue weighted by molar-refractivity contribution is -0.139. The van der Waals surface area contributed by atoms with Crippen molar-refractivity contribution >= 4 is 12.0 Å². The molecule has 19 heavy (non-hydrogen) atoms. The molecule has 0 spiro atoms. The average Bonchev–Trinajstić information content (AvgIpc) is 3.15. The van der Waals surface area contributed by atoms with Crippen molar-refractivity contribution in [2.75, 3.05) is 0 Å². The number of nitrogens with one attached hydrogen (secondary N) is 2. The summed E-state index contributed by atoms with van der Waals surface area (Å²) in [5.41, 5.74) is 0.563. The lowest BCUT2D eigenvalue weighted by Gasteiger charge is -2.15. The van der Waals surface area contributed by atoms with Gasteiger partial charge in [-0.15, -0.1) is 0 Å². The second kappa shape index (κ2) is 5.73. The van der Waals surface area contributed by atoms with E-state index < -0.39 is 18.0 Å². The van der Waals surface area contributed by atoms with Crippen molar-refractivity contribution in [3.05, 3.63) is 35.9 Å². The lowest BCUT2D eigenvalue weighted by atomic mass is 10.1. The molecule has 102 valence electrons. The Labute approximate surface area is 112 Å². The van der Waals surface area contributed by atoms with Crippen molar-refractivity contribution in [1.82, 2.24) is 10.6 Å². The van der Waals surface area contributed by atoms with Gasteiger partial charge in [0.2, 0.25) is 0 Å². The molecule has 1 aliphatic carbocycles. The van der Waals surface area contributed by atoms with E-state index in [-0.39, 0.29) is 6.04 Å². The Kier molecular flexibility index (Phi) is 4.04. The molecule has 2 rings (SSSR count). The largest absolute Gasteiger partial charge is 0.479 e. The standard InChI is InChI=1S/C14H18N2O3/c1-2-9-8-11(9)15-14(19)16-12(13(17)18)10-6-4-3-5-7-10/h3-7,9,11-12H,2,8H2,1H3,(H,17,18)(H2,15,16,19)/t9?,11?,12-/m0/s1. The number of hydrogen-bond acceptors (Lipinski definition) is 2. The van der Waals surface area contributed by atoms with Crippen LogP contribution >= 0.6 is 0 Å². The Morgan fingerprint density at radius 3 is 2.58 bits per heavy atom. The first-order valence-corrected chi connectivity index (χ1v) is 6.46. The highest BCUT2D eigenvalue weighted by molar-refractivity contribution is 5.83. The first-order valence-electron chi connectivity index (χ1n) is 6.46. The minimum absolute atomic E-state index is 0.190. The smallest absolute Gasteiger partial charge is 0.330 e. The molecule has 3 atom stereocenters. The molecule has 3 N–H and O–H groups in total. The number of aliphatic carboxylic acids is 1. The minimum atomic E-state index is -1.07. The van der Waals surface area contributed by atoms with Crippen LogP contribution in [0.1, 0.15) is 31.4 Å². The summed E-state index contributed by atoms with van der Waals surface area (Å²) < 4.78 is 0. The van der Waals surface area contributed by atoms with Crippen molar-refractivity contribution in [3.63, 3.8) is 0 Å². The van der Waals surface area contributed by atoms with Crippen LogP contribution in [0, 0.1) is 5.92 Å². The van der Waals surface area contributed by atoms with Crippen LogP contribution in [0.3, 0.4) is 0 Å². The molecular formula is C14H18N2O3. The van der Waals surface area contributed by atoms with Crippen molar-refractivity contribution in [2.24, 2.45) is 5.92 Å². The van der Waals surface area contributed by atoms with Crippen LogP contribution in [0.4, 0.5) is 4.79 Å². The number of rotatable bonds is 5. The summed E-state index contributed by atoms with van der Waals surface area (Å²) in [6.07, 6.45) is 2.01. The van der Waals surface area contributed by atoms with E-state index in [0.29, 0.717) is 11.5 Å². The fourth-order valence-corrected chi connectivity index (χ4v) is 2.15. The van der Waals surface area contributed by atoms with E-state index in [1.54, 1.807) is 30.3 Å². The summed E-state index contributed by atoms with van der Waals surface area (Å²) in [5.74, 6) is -0.532. The van der Waals surface area contributed by atoms with Gasteiger partial charge in [0.05, 0.1) is 0 Å². The molecule has 1 aromatic rings. The molecule has 5 nitrogen and oxygen atoms in total. The van der Waals surface area contributed by atoms with Crippen LogP contribution in [0.5, 0.6) is 0 Å². The van der Waals surface area contributed by atoms with E-state index in [1.165, 1.54) is 0 Å². The number of amides is 2. The van der Waals surface area contributed by atoms with Gasteiger partial charge in [0.15, 0.2) is 6.04 Å². The van der Waals surface area contributed by atoms with Crippen LogP contribution in [0.2, 0.25) is 0 Å². The number of urea groups is 1. The molecule has 1 saturated carbocycles. The molecule has 2 unspecified atom stereocenters. The normalized spacial score (nSPS) is 22.4. The Morgan fingerprint density at radius 1 is 1.37 bits per heavy atom. The second-order valence-corrected chi connectivity index (χ2v) is 4.81. The van der Waals surface area contributed by atoms with Crippen LogP contribution in [-0.2, 0) is 4.79 Å². The predicted octanol–water partition coefficient (Wildman–Crippen LogP) is 1.91. The highest BCUT2D eigenvalue weighted by atomic mass is 16.4. The van der Waals surface area contributed by atoms with Gasteiger partial charge in [0, 0.05) is 6.04 Å². The molecule has 1 fully saturated rings. The molecule has 1 aromatic carbocycles. The monoisotopic (exact) mass is 262 g/mol. The summed E-state index contributed by atoms with van der Waals surface area (Å²) in [6.45, 7) is 2.08. The third-order valence-electron chi connectivity index (χ3n) is 3.42. The molecule has 0 bridgehead atoms. The Bertz CT molecular complexity index is 461. The van der Waals surface area contributed by atoms with Gasteiger partial charge < -0.3 is 15.7 Å². The first-order chi connectivity index (χ1) is 9.11. The maximum absolute atomic E-state index is 11.8. The number of carboxylic acid groups (broad SMARTS) is 1. The van der Waals surface area contributed by atoms with Crippen LogP contribution < -0.4 is 10.6 Å². The fourth-order valence-electron chi connectivity index (χ4n) is 2.15. The van der Waals surface area contributed by atoms with Gasteiger partial charge in [-0.2, -0.15) is 0 Å². The molecular weight excluding hydrogens is 244 g/mol. The summed E-state index contributed by atoms with van der Waals surface area (Å²) in [5, 5.41) is 14.5. The van der Waals surface area contributed by atoms with Gasteiger partial charge in [0.25, 0.3) is 0 Å². The molecule has 0 aromatic heterocycles. The number of carbonyl (C=O) groups excluding carboxylic acids is 1. The van der Waals surface area contributed by atoms with E-state index in [4.69, 9.17) is 0 Å². The summed E-state index contributed by atoms with van der Waals surface area (Å²) >= 11 is 0. The summed E-state index contributed by atoms with van der Waals surface area (Å²) in [4.78, 5) is 23.0. The van der Waals surface area contributed by atoms with E-state index in [1.807, 2.05) is 0 Å². The van der Waals surface area contributed by atoms with Gasteiger partial charge in [-0.25, -0.2) is 9.59 Å². The number of hydrogen-bond donors (Lipinski definition) is 3. The van der Waals surface area contributed by atoms with Crippen LogP contribution in [-0.4, -0.2) is 23.1 Å². The van der Waals surface area contributed by atoms with Crippen LogP contribution in [0.25, 0.3) is 0 Å². The zero-order chi connectivity index (χ0) is 13.8. The Balaban J connectivity index is 1.94. The van der Waals surface area contributed by atoms with E-state index in [9.17, 15) is 14.7 Å². The van der Waals surface area contributed by atoms with E-state index in [0.717, 1.165) is 12.8 Å². The van der Waals surface area contributed by atoms with Crippen molar-refractivity contribution < 1.29 is 14.7 Å². The fraction of sp³-hybridized carbons (Fsp3) is 0.429. The molecule has 1 aliphatic rings. The predicted molar refractivity (Wildman–Crippen MR) is 70.7 cm³/mol. The Hall–Kier alpha value is -2.04. The number of carboxylic acids is 1. The quantitative estimate of drug-likeness (QED) is 0.758. The highest BCUT2D eigenvalue weighted by Crippen LogP contribution is 2.32. The van der Waals surface area contributed by atoms with Crippen LogP contribution in [0.15, 0.2) is 30.3 Å². The number of carbonyl (C=O) groups is 2. The summed E-state index contributed by atoms with van der Waals surface area (Å²) in [7, 11) is 0. The second-order valence-electron chi connectivity index (χ2n) is 4.81. The van der Waals surface area contributed by atoms with Gasteiger partial charge in [-0.3, -0.25) is 0 Å². The topological polar surface area (TPSA) is 78.4 Å². The first kappa shape index (κ1) is 13.4. The molecule has 0 aliphatic heterocycles. The third kappa shape index (κ3) is 3.47. The van der Waals surface area contributed by atoms with Crippen molar-refractivity contribution in [2.45, 2.75) is 31.8 Å². The average molecular weight is 262 g/mol. The zero-order valence-electron chi connectivity index (χ0n) is 10.8. The van der Waals surface area contributed by atoms with Crippen molar-refractivity contribution in [1.29, 1.82) is 0 Å². The van der Waals surface area contributed by atoms with Gasteiger partial charge in [-0.1, -0.05) is 43.7 Å². The lowest BCUT2D eigenvalue weighted by Crippen LogP contribution is -2.42. The van der Waals surface area contributed by atoms with Gasteiger partial charge >= 0.3 is 12.0 Å². The third-order valence-corrected chi connectivity index (χ3v) is 3.42. The van der Waals surface area contributed by atoms with Crippen molar-refractivity contribution in [3.8, 4) is 0 Å². The van der Waals surface area contributed by atoms with Gasteiger partial charge in [-0.05, 0) is 17.9 Å². The Morgan fingerprint density at radius 2 is 2.05 bits per heavy atom.